The number of carbonyl (C=O) groups is 1. The second-order valence-electron chi connectivity index (χ2n) is 4.25. The molecular formula is C14H15BrN2O. The van der Waals surface area contributed by atoms with Gasteiger partial charge >= 0.3 is 0 Å². The fourth-order valence-corrected chi connectivity index (χ4v) is 2.49. The molecule has 0 saturated heterocycles. The Labute approximate surface area is 115 Å². The van der Waals surface area contributed by atoms with Crippen LogP contribution in [-0.4, -0.2) is 15.6 Å². The van der Waals surface area contributed by atoms with Crippen LogP contribution >= 0.6 is 15.9 Å². The summed E-state index contributed by atoms with van der Waals surface area (Å²) in [6.45, 7) is 4.70. The Morgan fingerprint density at radius 1 is 1.44 bits per heavy atom. The number of halogens is 1. The van der Waals surface area contributed by atoms with Gasteiger partial charge in [0, 0.05) is 13.0 Å². The summed E-state index contributed by atoms with van der Waals surface area (Å²) in [4.78, 5) is 12.3. The van der Waals surface area contributed by atoms with Crippen LogP contribution in [0.25, 0.3) is 0 Å². The molecule has 94 valence electrons. The normalized spacial score (nSPS) is 10.6. The highest BCUT2D eigenvalue weighted by Crippen LogP contribution is 2.18. The number of hydrogen-bond donors (Lipinski definition) is 0. The van der Waals surface area contributed by atoms with Crippen molar-refractivity contribution in [2.45, 2.75) is 26.8 Å². The zero-order valence-electron chi connectivity index (χ0n) is 10.5. The molecule has 0 bridgehead atoms. The molecule has 0 saturated carbocycles. The summed E-state index contributed by atoms with van der Waals surface area (Å²) < 4.78 is 2.49. The van der Waals surface area contributed by atoms with Crippen molar-refractivity contribution < 1.29 is 4.79 Å². The van der Waals surface area contributed by atoms with Crippen molar-refractivity contribution in [2.75, 3.05) is 0 Å². The van der Waals surface area contributed by atoms with Gasteiger partial charge in [-0.1, -0.05) is 29.8 Å². The van der Waals surface area contributed by atoms with E-state index < -0.39 is 0 Å². The van der Waals surface area contributed by atoms with Crippen LogP contribution < -0.4 is 0 Å². The molecule has 0 aliphatic heterocycles. The quantitative estimate of drug-likeness (QED) is 0.812. The maximum Gasteiger partial charge on any atom is 0.186 e. The van der Waals surface area contributed by atoms with Crippen LogP contribution in [0.2, 0.25) is 0 Å². The molecule has 0 amide bonds. The highest BCUT2D eigenvalue weighted by Gasteiger charge is 2.16. The second-order valence-corrected chi connectivity index (χ2v) is 5.10. The molecule has 0 radical (unpaired) electrons. The van der Waals surface area contributed by atoms with Gasteiger partial charge in [-0.25, -0.2) is 0 Å². The minimum Gasteiger partial charge on any atom is -0.292 e. The summed E-state index contributed by atoms with van der Waals surface area (Å²) in [5.41, 5.74) is 2.86. The SMILES string of the molecule is CCn1ncc(Br)c1C(=O)Cc1cccc(C)c1. The number of hydrogen-bond acceptors (Lipinski definition) is 2. The first kappa shape index (κ1) is 13.0. The molecule has 3 nitrogen and oxygen atoms in total. The van der Waals surface area contributed by atoms with E-state index in [1.54, 1.807) is 10.9 Å². The average molecular weight is 307 g/mol. The molecule has 18 heavy (non-hydrogen) atoms. The van der Waals surface area contributed by atoms with E-state index >= 15 is 0 Å². The van der Waals surface area contributed by atoms with E-state index in [-0.39, 0.29) is 5.78 Å². The number of rotatable bonds is 4. The minimum atomic E-state index is 0.0897. The van der Waals surface area contributed by atoms with Crippen molar-refractivity contribution in [2.24, 2.45) is 0 Å². The van der Waals surface area contributed by atoms with Gasteiger partial charge in [-0.2, -0.15) is 5.10 Å². The zero-order valence-corrected chi connectivity index (χ0v) is 12.1. The summed E-state index contributed by atoms with van der Waals surface area (Å²) in [5.74, 6) is 0.0897. The molecule has 2 aromatic rings. The van der Waals surface area contributed by atoms with Gasteiger partial charge in [0.15, 0.2) is 5.78 Å². The molecule has 1 aromatic carbocycles. The second kappa shape index (κ2) is 5.48. The highest BCUT2D eigenvalue weighted by molar-refractivity contribution is 9.10. The lowest BCUT2D eigenvalue weighted by Crippen LogP contribution is -2.12. The topological polar surface area (TPSA) is 34.9 Å². The van der Waals surface area contributed by atoms with Crippen LogP contribution in [0, 0.1) is 6.92 Å². The van der Waals surface area contributed by atoms with E-state index in [0.717, 1.165) is 10.0 Å². The third-order valence-corrected chi connectivity index (χ3v) is 3.39. The Balaban J connectivity index is 2.24. The summed E-state index contributed by atoms with van der Waals surface area (Å²) in [5, 5.41) is 4.16. The molecule has 0 fully saturated rings. The maximum atomic E-state index is 12.3. The van der Waals surface area contributed by atoms with Crippen molar-refractivity contribution in [3.8, 4) is 0 Å². The molecule has 0 atom stereocenters. The molecule has 0 aliphatic carbocycles. The molecule has 0 spiro atoms. The van der Waals surface area contributed by atoms with E-state index in [9.17, 15) is 4.79 Å². The summed E-state index contributed by atoms with van der Waals surface area (Å²) in [7, 11) is 0. The van der Waals surface area contributed by atoms with Gasteiger partial charge < -0.3 is 0 Å². The molecule has 4 heteroatoms. The van der Waals surface area contributed by atoms with E-state index in [2.05, 4.69) is 21.0 Å². The minimum absolute atomic E-state index is 0.0897. The largest absolute Gasteiger partial charge is 0.292 e. The van der Waals surface area contributed by atoms with Gasteiger partial charge in [0.1, 0.15) is 5.69 Å². The van der Waals surface area contributed by atoms with E-state index in [0.29, 0.717) is 18.7 Å². The lowest BCUT2D eigenvalue weighted by Gasteiger charge is -2.05. The van der Waals surface area contributed by atoms with E-state index in [1.807, 2.05) is 38.1 Å². The molecular weight excluding hydrogens is 292 g/mol. The first-order valence-electron chi connectivity index (χ1n) is 5.92. The number of benzene rings is 1. The fourth-order valence-electron chi connectivity index (χ4n) is 1.97. The van der Waals surface area contributed by atoms with E-state index in [1.165, 1.54) is 5.56 Å². The summed E-state index contributed by atoms with van der Waals surface area (Å²) in [6, 6.07) is 8.02. The van der Waals surface area contributed by atoms with Gasteiger partial charge in [-0.3, -0.25) is 9.48 Å². The number of aryl methyl sites for hydroxylation is 2. The Kier molecular flexibility index (Phi) is 3.97. The molecule has 1 aromatic heterocycles. The average Bonchev–Trinajstić information content (AvgIpc) is 2.70. The van der Waals surface area contributed by atoms with Crippen LogP contribution in [0.1, 0.15) is 28.5 Å². The standard InChI is InChI=1S/C14H15BrN2O/c1-3-17-14(12(15)9-16-17)13(18)8-11-6-4-5-10(2)7-11/h4-7,9H,3,8H2,1-2H3. The zero-order chi connectivity index (χ0) is 13.1. The molecule has 2 rings (SSSR count). The predicted molar refractivity (Wildman–Crippen MR) is 74.8 cm³/mol. The maximum absolute atomic E-state index is 12.3. The smallest absolute Gasteiger partial charge is 0.186 e. The van der Waals surface area contributed by atoms with Gasteiger partial charge in [-0.05, 0) is 35.3 Å². The highest BCUT2D eigenvalue weighted by atomic mass is 79.9. The number of aromatic nitrogens is 2. The summed E-state index contributed by atoms with van der Waals surface area (Å²) in [6.07, 6.45) is 2.08. The van der Waals surface area contributed by atoms with Crippen LogP contribution in [0.15, 0.2) is 34.9 Å². The summed E-state index contributed by atoms with van der Waals surface area (Å²) >= 11 is 3.38. The predicted octanol–water partition coefficient (Wildman–Crippen LogP) is 3.40. The van der Waals surface area contributed by atoms with Crippen molar-refractivity contribution in [1.29, 1.82) is 0 Å². The van der Waals surface area contributed by atoms with Crippen molar-refractivity contribution in [1.82, 2.24) is 9.78 Å². The number of Topliss-reactive ketones (excluding diaryl/α,β-unsaturated/α-hetero) is 1. The van der Waals surface area contributed by atoms with E-state index in [4.69, 9.17) is 0 Å². The molecule has 1 heterocycles. The third kappa shape index (κ3) is 2.70. The number of ketones is 1. The van der Waals surface area contributed by atoms with Crippen molar-refractivity contribution in [3.63, 3.8) is 0 Å². The molecule has 0 N–H and O–H groups in total. The van der Waals surface area contributed by atoms with Crippen LogP contribution in [-0.2, 0) is 13.0 Å². The Morgan fingerprint density at radius 3 is 2.89 bits per heavy atom. The van der Waals surface area contributed by atoms with Crippen LogP contribution in [0.3, 0.4) is 0 Å². The monoisotopic (exact) mass is 306 g/mol. The lowest BCUT2D eigenvalue weighted by atomic mass is 10.0. The van der Waals surface area contributed by atoms with Gasteiger partial charge in [0.2, 0.25) is 0 Å². The number of nitrogens with zero attached hydrogens (tertiary/aromatic N) is 2. The van der Waals surface area contributed by atoms with Gasteiger partial charge in [-0.15, -0.1) is 0 Å². The third-order valence-electron chi connectivity index (χ3n) is 2.81. The first-order valence-corrected chi connectivity index (χ1v) is 6.71. The van der Waals surface area contributed by atoms with Crippen LogP contribution in [0.5, 0.6) is 0 Å². The fraction of sp³-hybridized carbons (Fsp3) is 0.286. The van der Waals surface area contributed by atoms with Gasteiger partial charge in [0.25, 0.3) is 0 Å². The van der Waals surface area contributed by atoms with Gasteiger partial charge in [0.05, 0.1) is 10.7 Å². The van der Waals surface area contributed by atoms with Crippen molar-refractivity contribution in [3.05, 3.63) is 51.8 Å². The Morgan fingerprint density at radius 2 is 2.22 bits per heavy atom. The van der Waals surface area contributed by atoms with Crippen molar-refractivity contribution >= 4 is 21.7 Å². The Bertz CT molecular complexity index is 575. The lowest BCUT2D eigenvalue weighted by molar-refractivity contribution is 0.0982. The number of carbonyl (C=O) groups excluding carboxylic acids is 1. The first-order chi connectivity index (χ1) is 8.61. The molecule has 0 unspecified atom stereocenters. The van der Waals surface area contributed by atoms with Crippen LogP contribution in [0.4, 0.5) is 0 Å². The molecule has 0 aliphatic rings. The Hall–Kier alpha value is -1.42.